The number of hydrogen-bond donors (Lipinski definition) is 2. The van der Waals surface area contributed by atoms with Gasteiger partial charge in [-0.2, -0.15) is 4.98 Å². The summed E-state index contributed by atoms with van der Waals surface area (Å²) in [4.78, 5) is 19.9. The Morgan fingerprint density at radius 2 is 1.90 bits per heavy atom. The molecule has 0 bridgehead atoms. The summed E-state index contributed by atoms with van der Waals surface area (Å²) in [7, 11) is 3.88. The van der Waals surface area contributed by atoms with E-state index in [2.05, 4.69) is 46.8 Å². The van der Waals surface area contributed by atoms with Gasteiger partial charge in [0.25, 0.3) is 0 Å². The molecule has 1 aliphatic heterocycles. The van der Waals surface area contributed by atoms with Crippen molar-refractivity contribution < 1.29 is 17.9 Å². The highest BCUT2D eigenvalue weighted by molar-refractivity contribution is 7.99. The lowest BCUT2D eigenvalue weighted by molar-refractivity contribution is -0.274. The van der Waals surface area contributed by atoms with Gasteiger partial charge in [0.2, 0.25) is 5.95 Å². The highest BCUT2D eigenvalue weighted by Crippen LogP contribution is 2.38. The van der Waals surface area contributed by atoms with Crippen LogP contribution in [0.5, 0.6) is 5.75 Å². The summed E-state index contributed by atoms with van der Waals surface area (Å²) in [5.74, 6) is 0.158. The molecule has 0 radical (unpaired) electrons. The van der Waals surface area contributed by atoms with E-state index in [1.54, 1.807) is 30.7 Å². The van der Waals surface area contributed by atoms with E-state index in [9.17, 15) is 13.2 Å². The first-order chi connectivity index (χ1) is 19.1. The van der Waals surface area contributed by atoms with E-state index in [1.165, 1.54) is 18.0 Å². The molecule has 0 spiro atoms. The molecule has 13 heteroatoms. The van der Waals surface area contributed by atoms with Crippen molar-refractivity contribution in [1.29, 1.82) is 0 Å². The van der Waals surface area contributed by atoms with Gasteiger partial charge in [-0.05, 0) is 48.9 Å². The van der Waals surface area contributed by atoms with Crippen molar-refractivity contribution in [2.24, 2.45) is 0 Å². The molecule has 4 aromatic rings. The molecule has 3 heterocycles. The van der Waals surface area contributed by atoms with Crippen LogP contribution in [0.2, 0.25) is 0 Å². The first-order valence-electron chi connectivity index (χ1n) is 12.3. The summed E-state index contributed by atoms with van der Waals surface area (Å²) in [6.45, 7) is 5.21. The van der Waals surface area contributed by atoms with Crippen LogP contribution in [0.4, 0.5) is 42.0 Å². The predicted molar refractivity (Wildman–Crippen MR) is 153 cm³/mol. The number of halogens is 3. The van der Waals surface area contributed by atoms with Crippen LogP contribution in [0.15, 0.2) is 49.4 Å². The number of ether oxygens (including phenoxy) is 1. The van der Waals surface area contributed by atoms with Crippen molar-refractivity contribution in [2.45, 2.75) is 19.3 Å². The van der Waals surface area contributed by atoms with Gasteiger partial charge in [0, 0.05) is 50.5 Å². The third-order valence-electron chi connectivity index (χ3n) is 6.47. The molecule has 9 nitrogen and oxygen atoms in total. The number of benzene rings is 2. The standard InChI is InChI=1S/C27H27F3N8OS/c1-5-16-14-33-26(35-21-12-18-15-37(2)11-8-17(18)13-22(21)39-27(28,29)30)36-25(16)34-20-7-6-19-23(32-10-9-31-19)24(20)38(3)40-4/h5-7,9-10,12-14H,1,8,11,15H2,2-4H3,(H2,33,34,35,36). The summed E-state index contributed by atoms with van der Waals surface area (Å²) in [5.41, 5.74) is 5.37. The van der Waals surface area contributed by atoms with Gasteiger partial charge in [0.1, 0.15) is 11.3 Å². The second kappa shape index (κ2) is 11.2. The average molecular weight is 569 g/mol. The fraction of sp³-hybridized carbons (Fsp3) is 0.259. The SMILES string of the molecule is C=Cc1cnc(Nc2cc3c(cc2OC(F)(F)F)CCN(C)C3)nc1Nc1ccc2nccnc2c1N(C)SC. The molecule has 0 unspecified atom stereocenters. The van der Waals surface area contributed by atoms with Crippen LogP contribution < -0.4 is 19.7 Å². The van der Waals surface area contributed by atoms with Gasteiger partial charge in [0.05, 0.1) is 22.6 Å². The minimum atomic E-state index is -4.85. The van der Waals surface area contributed by atoms with Gasteiger partial charge in [-0.3, -0.25) is 9.97 Å². The monoisotopic (exact) mass is 568 g/mol. The molecule has 0 atom stereocenters. The Bertz CT molecular complexity index is 1570. The van der Waals surface area contributed by atoms with E-state index >= 15 is 0 Å². The lowest BCUT2D eigenvalue weighted by Gasteiger charge is -2.27. The molecule has 0 saturated carbocycles. The summed E-state index contributed by atoms with van der Waals surface area (Å²) < 4.78 is 46.2. The van der Waals surface area contributed by atoms with Crippen molar-refractivity contribution in [3.8, 4) is 5.75 Å². The fourth-order valence-electron chi connectivity index (χ4n) is 4.52. The number of alkyl halides is 3. The number of likely N-dealkylation sites (N-methyl/N-ethyl adjacent to an activating group) is 1. The van der Waals surface area contributed by atoms with Gasteiger partial charge >= 0.3 is 6.36 Å². The number of nitrogens with one attached hydrogen (secondary N) is 2. The van der Waals surface area contributed by atoms with Crippen LogP contribution in [0.25, 0.3) is 17.1 Å². The number of hydrogen-bond acceptors (Lipinski definition) is 10. The Kier molecular flexibility index (Phi) is 7.68. The molecule has 2 aromatic carbocycles. The summed E-state index contributed by atoms with van der Waals surface area (Å²) in [6.07, 6.45) is 4.11. The average Bonchev–Trinajstić information content (AvgIpc) is 2.92. The van der Waals surface area contributed by atoms with Crippen LogP contribution in [0.3, 0.4) is 0 Å². The van der Waals surface area contributed by atoms with Gasteiger partial charge in [-0.15, -0.1) is 13.2 Å². The van der Waals surface area contributed by atoms with Crippen molar-refractivity contribution in [1.82, 2.24) is 24.8 Å². The largest absolute Gasteiger partial charge is 0.573 e. The maximum atomic E-state index is 13.3. The van der Waals surface area contributed by atoms with Crippen molar-refractivity contribution in [3.05, 3.63) is 66.1 Å². The maximum absolute atomic E-state index is 13.3. The van der Waals surface area contributed by atoms with E-state index in [0.717, 1.165) is 28.9 Å². The number of rotatable bonds is 8. The Balaban J connectivity index is 1.53. The normalized spacial score (nSPS) is 13.6. The van der Waals surface area contributed by atoms with Crippen LogP contribution in [0, 0.1) is 0 Å². The third-order valence-corrected chi connectivity index (χ3v) is 7.20. The minimum absolute atomic E-state index is 0.0876. The number of anilines is 5. The Hall–Kier alpha value is -4.10. The smallest absolute Gasteiger partial charge is 0.404 e. The Labute approximate surface area is 233 Å². The summed E-state index contributed by atoms with van der Waals surface area (Å²) in [6, 6.07) is 6.82. The van der Waals surface area contributed by atoms with E-state index in [-0.39, 0.29) is 17.4 Å². The summed E-state index contributed by atoms with van der Waals surface area (Å²) >= 11 is 1.50. The molecular weight excluding hydrogens is 541 g/mol. The highest BCUT2D eigenvalue weighted by atomic mass is 32.2. The topological polar surface area (TPSA) is 91.3 Å². The minimum Gasteiger partial charge on any atom is -0.404 e. The first kappa shape index (κ1) is 27.5. The van der Waals surface area contributed by atoms with Crippen LogP contribution in [-0.2, 0) is 13.0 Å². The number of nitrogens with zero attached hydrogens (tertiary/aromatic N) is 6. The predicted octanol–water partition coefficient (Wildman–Crippen LogP) is 6.15. The zero-order valence-electron chi connectivity index (χ0n) is 22.1. The zero-order chi connectivity index (χ0) is 28.4. The molecule has 0 aliphatic carbocycles. The zero-order valence-corrected chi connectivity index (χ0v) is 22.9. The van der Waals surface area contributed by atoms with Gasteiger partial charge < -0.3 is 24.6 Å². The van der Waals surface area contributed by atoms with Crippen molar-refractivity contribution in [2.75, 3.05) is 41.8 Å². The number of aromatic nitrogens is 4. The molecule has 5 rings (SSSR count). The molecule has 40 heavy (non-hydrogen) atoms. The fourth-order valence-corrected chi connectivity index (χ4v) is 4.88. The highest BCUT2D eigenvalue weighted by Gasteiger charge is 2.33. The third kappa shape index (κ3) is 5.89. The van der Waals surface area contributed by atoms with Crippen LogP contribution in [0.1, 0.15) is 16.7 Å². The molecule has 0 amide bonds. The van der Waals surface area contributed by atoms with E-state index < -0.39 is 6.36 Å². The van der Waals surface area contributed by atoms with E-state index in [1.807, 2.05) is 36.8 Å². The first-order valence-corrected chi connectivity index (χ1v) is 13.5. The number of fused-ring (bicyclic) bond motifs is 2. The Morgan fingerprint density at radius 1 is 1.10 bits per heavy atom. The van der Waals surface area contributed by atoms with Gasteiger partial charge in [-0.1, -0.05) is 24.6 Å². The van der Waals surface area contributed by atoms with E-state index in [0.29, 0.717) is 35.6 Å². The summed E-state index contributed by atoms with van der Waals surface area (Å²) in [5, 5.41) is 6.27. The lowest BCUT2D eigenvalue weighted by Crippen LogP contribution is -2.27. The maximum Gasteiger partial charge on any atom is 0.573 e. The molecule has 0 saturated heterocycles. The molecular formula is C27H27F3N8OS. The molecule has 2 aromatic heterocycles. The van der Waals surface area contributed by atoms with E-state index in [4.69, 9.17) is 0 Å². The van der Waals surface area contributed by atoms with Crippen LogP contribution >= 0.6 is 11.9 Å². The second-order valence-corrected chi connectivity index (χ2v) is 10.1. The molecule has 0 fully saturated rings. The van der Waals surface area contributed by atoms with Gasteiger partial charge in [-0.25, -0.2) is 4.98 Å². The van der Waals surface area contributed by atoms with Crippen molar-refractivity contribution >= 4 is 57.9 Å². The molecule has 2 N–H and O–H groups in total. The van der Waals surface area contributed by atoms with Crippen molar-refractivity contribution in [3.63, 3.8) is 0 Å². The lowest BCUT2D eigenvalue weighted by atomic mass is 9.99. The second-order valence-electron chi connectivity index (χ2n) is 9.17. The Morgan fingerprint density at radius 3 is 2.65 bits per heavy atom. The molecule has 208 valence electrons. The van der Waals surface area contributed by atoms with Gasteiger partial charge in [0.15, 0.2) is 5.75 Å². The quantitative estimate of drug-likeness (QED) is 0.241. The molecule has 1 aliphatic rings. The van der Waals surface area contributed by atoms with Crippen LogP contribution in [-0.4, -0.2) is 58.1 Å².